The molecule has 3 aromatic rings. The van der Waals surface area contributed by atoms with Crippen LogP contribution in [-0.2, 0) is 16.6 Å². The van der Waals surface area contributed by atoms with E-state index in [1.807, 2.05) is 43.9 Å². The number of esters is 1. The highest BCUT2D eigenvalue weighted by molar-refractivity contribution is 5.88. The molecule has 0 aromatic carbocycles. The van der Waals surface area contributed by atoms with Gasteiger partial charge in [-0.25, -0.2) is 9.78 Å². The van der Waals surface area contributed by atoms with Crippen LogP contribution in [0.25, 0.3) is 22.9 Å². The molecule has 0 bridgehead atoms. The zero-order chi connectivity index (χ0) is 17.3. The Morgan fingerprint density at radius 3 is 2.92 bits per heavy atom. The van der Waals surface area contributed by atoms with Crippen LogP contribution in [0.5, 0.6) is 0 Å². The fraction of sp³-hybridized carbons (Fsp3) is 0.278. The van der Waals surface area contributed by atoms with Crippen molar-refractivity contribution in [3.05, 3.63) is 47.4 Å². The Kier molecular flexibility index (Phi) is 4.20. The third-order valence-electron chi connectivity index (χ3n) is 3.80. The van der Waals surface area contributed by atoms with Gasteiger partial charge in [0.15, 0.2) is 0 Å². The third-order valence-corrected chi connectivity index (χ3v) is 3.80. The average molecular weight is 324 g/mol. The van der Waals surface area contributed by atoms with E-state index in [1.54, 1.807) is 17.7 Å². The molecule has 0 amide bonds. The second-order valence-corrected chi connectivity index (χ2v) is 5.64. The van der Waals surface area contributed by atoms with Gasteiger partial charge in [-0.05, 0) is 44.5 Å². The molecule has 3 aromatic heterocycles. The largest absolute Gasteiger partial charge is 0.463 e. The molecule has 0 radical (unpaired) electrons. The van der Waals surface area contributed by atoms with Crippen molar-refractivity contribution in [1.29, 1.82) is 0 Å². The summed E-state index contributed by atoms with van der Waals surface area (Å²) >= 11 is 0. The van der Waals surface area contributed by atoms with E-state index in [1.165, 1.54) is 6.08 Å². The van der Waals surface area contributed by atoms with E-state index in [-0.39, 0.29) is 5.97 Å². The highest BCUT2D eigenvalue weighted by Gasteiger charge is 2.15. The zero-order valence-electron chi connectivity index (χ0n) is 14.3. The van der Waals surface area contributed by atoms with Gasteiger partial charge in [-0.3, -0.25) is 9.25 Å². The molecule has 0 saturated carbocycles. The van der Waals surface area contributed by atoms with Gasteiger partial charge >= 0.3 is 5.97 Å². The van der Waals surface area contributed by atoms with Crippen molar-refractivity contribution in [2.24, 2.45) is 7.05 Å². The number of pyridine rings is 1. The molecule has 0 aliphatic rings. The minimum absolute atomic E-state index is 0.355. The quantitative estimate of drug-likeness (QED) is 0.547. The van der Waals surface area contributed by atoms with Crippen molar-refractivity contribution in [2.45, 2.75) is 20.8 Å². The van der Waals surface area contributed by atoms with Gasteiger partial charge < -0.3 is 4.74 Å². The fourth-order valence-corrected chi connectivity index (χ4v) is 2.79. The molecule has 6 heteroatoms. The second kappa shape index (κ2) is 6.31. The Bertz CT molecular complexity index is 934. The van der Waals surface area contributed by atoms with Crippen LogP contribution in [0.1, 0.15) is 23.7 Å². The first-order valence-corrected chi connectivity index (χ1v) is 7.83. The first-order chi connectivity index (χ1) is 11.5. The van der Waals surface area contributed by atoms with Crippen LogP contribution in [-0.4, -0.2) is 31.9 Å². The average Bonchev–Trinajstić information content (AvgIpc) is 3.05. The van der Waals surface area contributed by atoms with Gasteiger partial charge in [-0.15, -0.1) is 0 Å². The molecule has 0 atom stereocenters. The van der Waals surface area contributed by atoms with E-state index >= 15 is 0 Å². The summed E-state index contributed by atoms with van der Waals surface area (Å²) in [4.78, 5) is 16.2. The van der Waals surface area contributed by atoms with Gasteiger partial charge in [-0.2, -0.15) is 5.10 Å². The van der Waals surface area contributed by atoms with Gasteiger partial charge in [0, 0.05) is 36.5 Å². The zero-order valence-corrected chi connectivity index (χ0v) is 14.3. The lowest BCUT2D eigenvalue weighted by Gasteiger charge is -2.07. The van der Waals surface area contributed by atoms with Crippen LogP contribution in [0.15, 0.2) is 30.6 Å². The van der Waals surface area contributed by atoms with Crippen molar-refractivity contribution >= 4 is 23.1 Å². The highest BCUT2D eigenvalue weighted by Crippen LogP contribution is 2.24. The van der Waals surface area contributed by atoms with Crippen molar-refractivity contribution in [3.8, 4) is 5.82 Å². The number of ether oxygens (including phenoxy) is 1. The van der Waals surface area contributed by atoms with Crippen LogP contribution >= 0.6 is 0 Å². The van der Waals surface area contributed by atoms with Crippen LogP contribution in [0.4, 0.5) is 0 Å². The number of nitrogens with zero attached hydrogens (tertiary/aromatic N) is 4. The van der Waals surface area contributed by atoms with E-state index < -0.39 is 0 Å². The number of hydrogen-bond donors (Lipinski definition) is 0. The Hall–Kier alpha value is -2.89. The molecule has 3 heterocycles. The SMILES string of the molecule is CCOC(=O)C=Cc1c(C)nn(C)c1-n1ccc2cc(C)cnc21. The lowest BCUT2D eigenvalue weighted by atomic mass is 10.2. The maximum atomic E-state index is 11.6. The van der Waals surface area contributed by atoms with Crippen LogP contribution < -0.4 is 0 Å². The van der Waals surface area contributed by atoms with Gasteiger partial charge in [0.2, 0.25) is 0 Å². The molecule has 0 aliphatic heterocycles. The van der Waals surface area contributed by atoms with E-state index in [0.29, 0.717) is 6.61 Å². The monoisotopic (exact) mass is 324 g/mol. The Balaban J connectivity index is 2.12. The molecule has 6 nitrogen and oxygen atoms in total. The van der Waals surface area contributed by atoms with E-state index in [4.69, 9.17) is 4.74 Å². The minimum Gasteiger partial charge on any atom is -0.463 e. The first-order valence-electron chi connectivity index (χ1n) is 7.83. The maximum Gasteiger partial charge on any atom is 0.330 e. The summed E-state index contributed by atoms with van der Waals surface area (Å²) < 4.78 is 8.73. The molecular weight excluding hydrogens is 304 g/mol. The van der Waals surface area contributed by atoms with Gasteiger partial charge in [0.25, 0.3) is 0 Å². The summed E-state index contributed by atoms with van der Waals surface area (Å²) in [5.41, 5.74) is 3.67. The highest BCUT2D eigenvalue weighted by atomic mass is 16.5. The molecule has 0 unspecified atom stereocenters. The van der Waals surface area contributed by atoms with Crippen molar-refractivity contribution < 1.29 is 9.53 Å². The van der Waals surface area contributed by atoms with E-state index in [0.717, 1.165) is 33.7 Å². The second-order valence-electron chi connectivity index (χ2n) is 5.64. The summed E-state index contributed by atoms with van der Waals surface area (Å²) in [6, 6.07) is 4.12. The predicted octanol–water partition coefficient (Wildman–Crippen LogP) is 2.95. The molecule has 0 spiro atoms. The smallest absolute Gasteiger partial charge is 0.330 e. The van der Waals surface area contributed by atoms with Crippen molar-refractivity contribution in [1.82, 2.24) is 19.3 Å². The number of aromatic nitrogens is 4. The topological polar surface area (TPSA) is 61.9 Å². The number of fused-ring (bicyclic) bond motifs is 1. The van der Waals surface area contributed by atoms with E-state index in [2.05, 4.69) is 16.1 Å². The first kappa shape index (κ1) is 16.0. The number of carbonyl (C=O) groups excluding carboxylic acids is 1. The Morgan fingerprint density at radius 2 is 2.17 bits per heavy atom. The molecule has 0 saturated heterocycles. The summed E-state index contributed by atoms with van der Waals surface area (Å²) in [5, 5.41) is 5.54. The summed E-state index contributed by atoms with van der Waals surface area (Å²) in [7, 11) is 1.88. The van der Waals surface area contributed by atoms with Gasteiger partial charge in [0.1, 0.15) is 11.5 Å². The predicted molar refractivity (Wildman–Crippen MR) is 93.0 cm³/mol. The van der Waals surface area contributed by atoms with E-state index in [9.17, 15) is 4.79 Å². The molecule has 0 fully saturated rings. The summed E-state index contributed by atoms with van der Waals surface area (Å²) in [6.07, 6.45) is 6.99. The maximum absolute atomic E-state index is 11.6. The van der Waals surface area contributed by atoms with Crippen molar-refractivity contribution in [2.75, 3.05) is 6.61 Å². The fourth-order valence-electron chi connectivity index (χ4n) is 2.79. The Morgan fingerprint density at radius 1 is 1.38 bits per heavy atom. The van der Waals surface area contributed by atoms with Crippen molar-refractivity contribution in [3.63, 3.8) is 0 Å². The molecule has 124 valence electrons. The summed E-state index contributed by atoms with van der Waals surface area (Å²) in [6.45, 7) is 6.07. The lowest BCUT2D eigenvalue weighted by Crippen LogP contribution is -2.04. The van der Waals surface area contributed by atoms with Crippen LogP contribution in [0.3, 0.4) is 0 Å². The lowest BCUT2D eigenvalue weighted by molar-refractivity contribution is -0.137. The summed E-state index contributed by atoms with van der Waals surface area (Å²) in [5.74, 6) is 0.497. The minimum atomic E-state index is -0.363. The molecular formula is C18H20N4O2. The number of carbonyl (C=O) groups is 1. The van der Waals surface area contributed by atoms with Gasteiger partial charge in [0.05, 0.1) is 12.3 Å². The standard InChI is InChI=1S/C18H20N4O2/c1-5-24-16(23)7-6-15-13(3)20-21(4)18(15)22-9-8-14-10-12(2)11-19-17(14)22/h6-11H,5H2,1-4H3. The number of hydrogen-bond acceptors (Lipinski definition) is 4. The molecule has 24 heavy (non-hydrogen) atoms. The number of rotatable bonds is 4. The van der Waals surface area contributed by atoms with Crippen LogP contribution in [0.2, 0.25) is 0 Å². The van der Waals surface area contributed by atoms with Crippen LogP contribution in [0, 0.1) is 13.8 Å². The normalized spacial score (nSPS) is 11.5. The molecule has 3 rings (SSSR count). The number of aryl methyl sites for hydroxylation is 3. The Labute approximate surface area is 140 Å². The molecule has 0 N–H and O–H groups in total. The van der Waals surface area contributed by atoms with Gasteiger partial charge in [-0.1, -0.05) is 0 Å². The third kappa shape index (κ3) is 2.82. The molecule has 0 aliphatic carbocycles.